The maximum absolute atomic E-state index is 11.6. The number of aryl methyl sites for hydroxylation is 2. The molecule has 2 aromatic rings. The molecule has 0 saturated heterocycles. The molecule has 0 fully saturated rings. The number of nitrogens with one attached hydrogen (secondary N) is 1. The van der Waals surface area contributed by atoms with Gasteiger partial charge in [0.25, 0.3) is 0 Å². The van der Waals surface area contributed by atoms with Gasteiger partial charge in [-0.15, -0.1) is 0 Å². The number of benzene rings is 1. The molecular formula is C16H21N3O2. The van der Waals surface area contributed by atoms with Crippen molar-refractivity contribution in [3.05, 3.63) is 46.8 Å². The van der Waals surface area contributed by atoms with Crippen LogP contribution in [0.5, 0.6) is 0 Å². The van der Waals surface area contributed by atoms with E-state index in [2.05, 4.69) is 17.3 Å². The van der Waals surface area contributed by atoms with Crippen molar-refractivity contribution in [3.8, 4) is 0 Å². The lowest BCUT2D eigenvalue weighted by Gasteiger charge is -2.08. The molecule has 0 aliphatic rings. The van der Waals surface area contributed by atoms with Crippen LogP contribution >= 0.6 is 0 Å². The third-order valence-corrected chi connectivity index (χ3v) is 3.52. The molecule has 0 saturated carbocycles. The lowest BCUT2D eigenvalue weighted by atomic mass is 10.1. The molecule has 1 aromatic carbocycles. The summed E-state index contributed by atoms with van der Waals surface area (Å²) >= 11 is 0. The van der Waals surface area contributed by atoms with Gasteiger partial charge in [-0.2, -0.15) is 5.10 Å². The first-order valence-corrected chi connectivity index (χ1v) is 7.03. The van der Waals surface area contributed by atoms with E-state index < -0.39 is 0 Å². The zero-order valence-electron chi connectivity index (χ0n) is 12.9. The molecule has 0 spiro atoms. The van der Waals surface area contributed by atoms with Crippen LogP contribution < -0.4 is 5.32 Å². The Labute approximate surface area is 124 Å². The summed E-state index contributed by atoms with van der Waals surface area (Å²) in [6, 6.07) is 7.30. The van der Waals surface area contributed by atoms with Gasteiger partial charge in [-0.05, 0) is 45.0 Å². The van der Waals surface area contributed by atoms with Crippen LogP contribution in [0.1, 0.15) is 34.2 Å². The summed E-state index contributed by atoms with van der Waals surface area (Å²) in [5.41, 5.74) is 4.92. The second-order valence-corrected chi connectivity index (χ2v) is 4.92. The molecular weight excluding hydrogens is 266 g/mol. The van der Waals surface area contributed by atoms with Gasteiger partial charge in [0.05, 0.1) is 17.9 Å². The fourth-order valence-electron chi connectivity index (χ4n) is 2.20. The Morgan fingerprint density at radius 2 is 1.95 bits per heavy atom. The lowest BCUT2D eigenvalue weighted by Crippen LogP contribution is -2.05. The molecule has 1 N–H and O–H groups in total. The van der Waals surface area contributed by atoms with E-state index in [0.29, 0.717) is 18.7 Å². The third-order valence-electron chi connectivity index (χ3n) is 3.52. The number of ether oxygens (including phenoxy) is 1. The quantitative estimate of drug-likeness (QED) is 0.859. The Bertz CT molecular complexity index is 630. The Morgan fingerprint density at radius 3 is 2.48 bits per heavy atom. The summed E-state index contributed by atoms with van der Waals surface area (Å²) in [4.78, 5) is 11.6. The fraction of sp³-hybridized carbons (Fsp3) is 0.375. The van der Waals surface area contributed by atoms with Crippen LogP contribution in [0.4, 0.5) is 5.69 Å². The van der Waals surface area contributed by atoms with E-state index in [-0.39, 0.29) is 5.97 Å². The van der Waals surface area contributed by atoms with E-state index in [9.17, 15) is 4.79 Å². The second kappa shape index (κ2) is 6.43. The van der Waals surface area contributed by atoms with Crippen LogP contribution in [0.3, 0.4) is 0 Å². The van der Waals surface area contributed by atoms with Gasteiger partial charge in [-0.1, -0.05) is 0 Å². The number of carbonyl (C=O) groups excluding carboxylic acids is 1. The molecule has 21 heavy (non-hydrogen) atoms. The average molecular weight is 287 g/mol. The molecule has 2 rings (SSSR count). The number of rotatable bonds is 5. The SMILES string of the molecule is CCOC(=O)c1ccc(NCc2c(C)nn(C)c2C)cc1. The second-order valence-electron chi connectivity index (χ2n) is 4.92. The largest absolute Gasteiger partial charge is 0.462 e. The van der Waals surface area contributed by atoms with E-state index in [1.807, 2.05) is 30.8 Å². The van der Waals surface area contributed by atoms with Gasteiger partial charge in [-0.25, -0.2) is 4.79 Å². The summed E-state index contributed by atoms with van der Waals surface area (Å²) < 4.78 is 6.85. The van der Waals surface area contributed by atoms with Crippen molar-refractivity contribution in [2.75, 3.05) is 11.9 Å². The van der Waals surface area contributed by atoms with Gasteiger partial charge in [0.15, 0.2) is 0 Å². The molecule has 0 aliphatic carbocycles. The average Bonchev–Trinajstić information content (AvgIpc) is 2.71. The van der Waals surface area contributed by atoms with E-state index in [4.69, 9.17) is 4.74 Å². The molecule has 1 heterocycles. The summed E-state index contributed by atoms with van der Waals surface area (Å²) in [7, 11) is 1.94. The van der Waals surface area contributed by atoms with Gasteiger partial charge < -0.3 is 10.1 Å². The molecule has 0 aliphatic heterocycles. The Hall–Kier alpha value is -2.30. The van der Waals surface area contributed by atoms with Gasteiger partial charge in [0.2, 0.25) is 0 Å². The smallest absolute Gasteiger partial charge is 0.338 e. The fourth-order valence-corrected chi connectivity index (χ4v) is 2.20. The van der Waals surface area contributed by atoms with Crippen LogP contribution in [0.2, 0.25) is 0 Å². The maximum Gasteiger partial charge on any atom is 0.338 e. The number of carbonyl (C=O) groups is 1. The van der Waals surface area contributed by atoms with E-state index in [1.54, 1.807) is 19.1 Å². The van der Waals surface area contributed by atoms with Crippen LogP contribution in [-0.4, -0.2) is 22.4 Å². The highest BCUT2D eigenvalue weighted by atomic mass is 16.5. The van der Waals surface area contributed by atoms with Gasteiger partial charge in [0.1, 0.15) is 0 Å². The van der Waals surface area contributed by atoms with Crippen LogP contribution in [0.15, 0.2) is 24.3 Å². The minimum Gasteiger partial charge on any atom is -0.462 e. The molecule has 1 aromatic heterocycles. The number of hydrogen-bond donors (Lipinski definition) is 1. The van der Waals surface area contributed by atoms with Crippen molar-refractivity contribution in [3.63, 3.8) is 0 Å². The lowest BCUT2D eigenvalue weighted by molar-refractivity contribution is 0.0526. The highest BCUT2D eigenvalue weighted by Gasteiger charge is 2.09. The molecule has 0 unspecified atom stereocenters. The third kappa shape index (κ3) is 3.42. The summed E-state index contributed by atoms with van der Waals surface area (Å²) in [5, 5.41) is 7.74. The Morgan fingerprint density at radius 1 is 1.29 bits per heavy atom. The maximum atomic E-state index is 11.6. The van der Waals surface area contributed by atoms with Crippen molar-refractivity contribution >= 4 is 11.7 Å². The van der Waals surface area contributed by atoms with Crippen molar-refractivity contribution in [2.24, 2.45) is 7.05 Å². The summed E-state index contributed by atoms with van der Waals surface area (Å²) in [6.45, 7) is 6.96. The number of nitrogens with zero attached hydrogens (tertiary/aromatic N) is 2. The van der Waals surface area contributed by atoms with Crippen molar-refractivity contribution in [2.45, 2.75) is 27.3 Å². The van der Waals surface area contributed by atoms with E-state index >= 15 is 0 Å². The summed E-state index contributed by atoms with van der Waals surface area (Å²) in [6.07, 6.45) is 0. The molecule has 0 radical (unpaired) electrons. The standard InChI is InChI=1S/C16H21N3O2/c1-5-21-16(20)13-6-8-14(9-7-13)17-10-15-11(2)18-19(4)12(15)3/h6-9,17H,5,10H2,1-4H3. The van der Waals surface area contributed by atoms with Crippen LogP contribution in [-0.2, 0) is 18.3 Å². The molecule has 0 amide bonds. The molecule has 5 heteroatoms. The van der Waals surface area contributed by atoms with Crippen LogP contribution in [0, 0.1) is 13.8 Å². The highest BCUT2D eigenvalue weighted by Crippen LogP contribution is 2.16. The predicted molar refractivity (Wildman–Crippen MR) is 82.4 cm³/mol. The summed E-state index contributed by atoms with van der Waals surface area (Å²) in [5.74, 6) is -0.289. The number of esters is 1. The van der Waals surface area contributed by atoms with Crippen molar-refractivity contribution in [1.29, 1.82) is 0 Å². The van der Waals surface area contributed by atoms with Gasteiger partial charge in [-0.3, -0.25) is 4.68 Å². The Kier molecular flexibility index (Phi) is 4.62. The van der Waals surface area contributed by atoms with E-state index in [0.717, 1.165) is 17.1 Å². The Balaban J connectivity index is 2.02. The highest BCUT2D eigenvalue weighted by molar-refractivity contribution is 5.89. The van der Waals surface area contributed by atoms with Gasteiger partial charge >= 0.3 is 5.97 Å². The minimum atomic E-state index is -0.289. The van der Waals surface area contributed by atoms with Crippen molar-refractivity contribution < 1.29 is 9.53 Å². The number of anilines is 1. The van der Waals surface area contributed by atoms with E-state index in [1.165, 1.54) is 5.56 Å². The van der Waals surface area contributed by atoms with Crippen molar-refractivity contribution in [1.82, 2.24) is 9.78 Å². The molecule has 0 atom stereocenters. The number of aromatic nitrogens is 2. The molecule has 112 valence electrons. The number of hydrogen-bond acceptors (Lipinski definition) is 4. The monoisotopic (exact) mass is 287 g/mol. The topological polar surface area (TPSA) is 56.1 Å². The minimum absolute atomic E-state index is 0.289. The van der Waals surface area contributed by atoms with Crippen LogP contribution in [0.25, 0.3) is 0 Å². The first-order valence-electron chi connectivity index (χ1n) is 7.03. The first kappa shape index (κ1) is 15.1. The molecule has 0 bridgehead atoms. The van der Waals surface area contributed by atoms with Gasteiger partial charge in [0, 0.05) is 30.5 Å². The predicted octanol–water partition coefficient (Wildman–Crippen LogP) is 2.83. The zero-order valence-corrected chi connectivity index (χ0v) is 12.9. The normalized spacial score (nSPS) is 10.5. The zero-order chi connectivity index (χ0) is 15.4. The molecule has 5 nitrogen and oxygen atoms in total. The first-order chi connectivity index (χ1) is 10.0.